The van der Waals surface area contributed by atoms with Gasteiger partial charge in [-0.25, -0.2) is 0 Å². The third kappa shape index (κ3) is 2.46. The summed E-state index contributed by atoms with van der Waals surface area (Å²) in [4.78, 5) is 10.8. The van der Waals surface area contributed by atoms with E-state index >= 15 is 0 Å². The van der Waals surface area contributed by atoms with E-state index in [-0.39, 0.29) is 0 Å². The van der Waals surface area contributed by atoms with Gasteiger partial charge in [0, 0.05) is 13.2 Å². The molecule has 0 aromatic heterocycles. The van der Waals surface area contributed by atoms with E-state index in [1.807, 2.05) is 0 Å². The van der Waals surface area contributed by atoms with E-state index in [2.05, 4.69) is 0 Å². The topological polar surface area (TPSA) is 72.5 Å². The summed E-state index contributed by atoms with van der Waals surface area (Å²) in [7, 11) is 1.48. The number of methoxy groups -OCH3 is 1. The van der Waals surface area contributed by atoms with E-state index in [1.54, 1.807) is 20.8 Å². The van der Waals surface area contributed by atoms with Gasteiger partial charge in [-0.15, -0.1) is 0 Å². The van der Waals surface area contributed by atoms with Crippen LogP contribution in [0, 0.1) is 5.92 Å². The molecule has 0 aliphatic carbocycles. The molecule has 72 valence electrons. The molecule has 0 bridgehead atoms. The third-order valence-corrected chi connectivity index (χ3v) is 2.07. The summed E-state index contributed by atoms with van der Waals surface area (Å²) < 4.78 is 5.06. The normalized spacial score (nSPS) is 17.1. The van der Waals surface area contributed by atoms with Crippen molar-refractivity contribution >= 4 is 5.97 Å². The van der Waals surface area contributed by atoms with Crippen LogP contribution in [0.5, 0.6) is 0 Å². The monoisotopic (exact) mass is 175 g/mol. The highest BCUT2D eigenvalue weighted by atomic mass is 16.5. The summed E-state index contributed by atoms with van der Waals surface area (Å²) in [5.41, 5.74) is 4.82. The Kier molecular flexibility index (Phi) is 3.67. The predicted octanol–water partition coefficient (Wildman–Crippen LogP) is 0.459. The molecule has 0 fully saturated rings. The molecule has 12 heavy (non-hydrogen) atoms. The molecular formula is C8H17NO3. The first kappa shape index (κ1) is 11.4. The number of hydrogen-bond acceptors (Lipinski definition) is 3. The van der Waals surface area contributed by atoms with Crippen molar-refractivity contribution < 1.29 is 14.6 Å². The summed E-state index contributed by atoms with van der Waals surface area (Å²) in [6, 6.07) is -0.419. The van der Waals surface area contributed by atoms with Crippen LogP contribution in [0.15, 0.2) is 0 Å². The molecule has 0 aliphatic rings. The molecule has 0 rings (SSSR count). The zero-order valence-corrected chi connectivity index (χ0v) is 8.00. The maximum Gasteiger partial charge on any atom is 0.310 e. The molecule has 0 radical (unpaired) electrons. The minimum absolute atomic E-state index is 0.419. The van der Waals surface area contributed by atoms with Crippen LogP contribution in [-0.4, -0.2) is 29.8 Å². The fraction of sp³-hybridized carbons (Fsp3) is 0.875. The first-order valence-corrected chi connectivity index (χ1v) is 3.86. The zero-order valence-electron chi connectivity index (χ0n) is 8.00. The number of carboxylic acids is 1. The minimum Gasteiger partial charge on any atom is -0.481 e. The van der Waals surface area contributed by atoms with Crippen molar-refractivity contribution in [3.05, 3.63) is 0 Å². The molecule has 0 aliphatic heterocycles. The Bertz CT molecular complexity index is 166. The van der Waals surface area contributed by atoms with Crippen LogP contribution in [0.3, 0.4) is 0 Å². The van der Waals surface area contributed by atoms with Gasteiger partial charge in [-0.05, 0) is 20.8 Å². The van der Waals surface area contributed by atoms with Crippen LogP contribution >= 0.6 is 0 Å². The van der Waals surface area contributed by atoms with E-state index in [4.69, 9.17) is 15.6 Å². The number of ether oxygens (including phenoxy) is 1. The maximum atomic E-state index is 10.8. The van der Waals surface area contributed by atoms with Crippen LogP contribution < -0.4 is 5.73 Å². The van der Waals surface area contributed by atoms with Crippen molar-refractivity contribution in [2.45, 2.75) is 32.4 Å². The number of carboxylic acid groups (broad SMARTS) is 1. The Morgan fingerprint density at radius 3 is 2.08 bits per heavy atom. The molecule has 2 unspecified atom stereocenters. The van der Waals surface area contributed by atoms with Crippen molar-refractivity contribution in [2.75, 3.05) is 7.11 Å². The molecule has 3 N–H and O–H groups in total. The van der Waals surface area contributed by atoms with Gasteiger partial charge in [-0.2, -0.15) is 0 Å². The summed E-state index contributed by atoms with van der Waals surface area (Å²) in [6.45, 7) is 5.10. The van der Waals surface area contributed by atoms with Crippen molar-refractivity contribution in [2.24, 2.45) is 11.7 Å². The van der Waals surface area contributed by atoms with Crippen LogP contribution in [0.25, 0.3) is 0 Å². The molecule has 0 aromatic rings. The van der Waals surface area contributed by atoms with Gasteiger partial charge in [0.15, 0.2) is 0 Å². The number of aliphatic carboxylic acids is 1. The molecule has 4 nitrogen and oxygen atoms in total. The summed E-state index contributed by atoms with van der Waals surface area (Å²) in [5, 5.41) is 8.85. The largest absolute Gasteiger partial charge is 0.481 e. The molecule has 0 saturated carbocycles. The number of carbonyl (C=O) groups is 1. The lowest BCUT2D eigenvalue weighted by molar-refractivity contribution is -0.153. The highest BCUT2D eigenvalue weighted by Crippen LogP contribution is 2.23. The minimum atomic E-state index is -0.920. The van der Waals surface area contributed by atoms with Gasteiger partial charge in [-0.1, -0.05) is 0 Å². The second-order valence-corrected chi connectivity index (χ2v) is 3.48. The molecular weight excluding hydrogens is 158 g/mol. The lowest BCUT2D eigenvalue weighted by Gasteiger charge is -2.32. The standard InChI is InChI=1S/C8H17NO3/c1-5(9)6(7(10)11)8(2,3)12-4/h5-6H,9H2,1-4H3,(H,10,11). The van der Waals surface area contributed by atoms with Gasteiger partial charge in [0.2, 0.25) is 0 Å². The van der Waals surface area contributed by atoms with Crippen LogP contribution in [-0.2, 0) is 9.53 Å². The number of rotatable bonds is 4. The summed E-state index contributed by atoms with van der Waals surface area (Å²) >= 11 is 0. The summed E-state index contributed by atoms with van der Waals surface area (Å²) in [6.07, 6.45) is 0. The Labute approximate surface area is 72.7 Å². The number of nitrogens with two attached hydrogens (primary N) is 1. The van der Waals surface area contributed by atoms with E-state index < -0.39 is 23.5 Å². The maximum absolute atomic E-state index is 10.8. The van der Waals surface area contributed by atoms with Gasteiger partial charge in [0.05, 0.1) is 11.5 Å². The predicted molar refractivity (Wildman–Crippen MR) is 45.9 cm³/mol. The van der Waals surface area contributed by atoms with Crippen molar-refractivity contribution in [3.8, 4) is 0 Å². The highest BCUT2D eigenvalue weighted by Gasteiger charge is 2.37. The van der Waals surface area contributed by atoms with Crippen LogP contribution in [0.4, 0.5) is 0 Å². The lowest BCUT2D eigenvalue weighted by atomic mass is 9.85. The Balaban J connectivity index is 4.62. The van der Waals surface area contributed by atoms with E-state index in [9.17, 15) is 4.79 Å². The molecule has 0 aromatic carbocycles. The SMILES string of the molecule is COC(C)(C)C(C(=O)O)C(C)N. The van der Waals surface area contributed by atoms with Gasteiger partial charge in [-0.3, -0.25) is 4.79 Å². The van der Waals surface area contributed by atoms with Crippen LogP contribution in [0.1, 0.15) is 20.8 Å². The molecule has 0 amide bonds. The first-order valence-electron chi connectivity index (χ1n) is 3.86. The smallest absolute Gasteiger partial charge is 0.310 e. The fourth-order valence-electron chi connectivity index (χ4n) is 1.28. The van der Waals surface area contributed by atoms with Gasteiger partial charge in [0.25, 0.3) is 0 Å². The molecule has 2 atom stereocenters. The average Bonchev–Trinajstić information content (AvgIpc) is 1.84. The quantitative estimate of drug-likeness (QED) is 0.651. The lowest BCUT2D eigenvalue weighted by Crippen LogP contribution is -2.48. The number of hydrogen-bond donors (Lipinski definition) is 2. The molecule has 0 spiro atoms. The van der Waals surface area contributed by atoms with Gasteiger partial charge < -0.3 is 15.6 Å². The second-order valence-electron chi connectivity index (χ2n) is 3.48. The van der Waals surface area contributed by atoms with E-state index in [1.165, 1.54) is 7.11 Å². The van der Waals surface area contributed by atoms with Crippen molar-refractivity contribution in [1.29, 1.82) is 0 Å². The van der Waals surface area contributed by atoms with Crippen molar-refractivity contribution in [3.63, 3.8) is 0 Å². The molecule has 0 heterocycles. The van der Waals surface area contributed by atoms with Gasteiger partial charge >= 0.3 is 5.97 Å². The third-order valence-electron chi connectivity index (χ3n) is 2.07. The van der Waals surface area contributed by atoms with Crippen LogP contribution in [0.2, 0.25) is 0 Å². The molecule has 4 heteroatoms. The van der Waals surface area contributed by atoms with E-state index in [0.717, 1.165) is 0 Å². The van der Waals surface area contributed by atoms with E-state index in [0.29, 0.717) is 0 Å². The Hall–Kier alpha value is -0.610. The molecule has 0 saturated heterocycles. The first-order chi connectivity index (χ1) is 5.33. The second kappa shape index (κ2) is 3.87. The van der Waals surface area contributed by atoms with Gasteiger partial charge in [0.1, 0.15) is 0 Å². The fourth-order valence-corrected chi connectivity index (χ4v) is 1.28. The Morgan fingerprint density at radius 2 is 2.00 bits per heavy atom. The summed E-state index contributed by atoms with van der Waals surface area (Å²) in [5.74, 6) is -1.60. The zero-order chi connectivity index (χ0) is 9.94. The van der Waals surface area contributed by atoms with Crippen molar-refractivity contribution in [1.82, 2.24) is 0 Å². The highest BCUT2D eigenvalue weighted by molar-refractivity contribution is 5.72. The average molecular weight is 175 g/mol. The Morgan fingerprint density at radius 1 is 1.58 bits per heavy atom.